The molecule has 6 nitrogen and oxygen atoms in total. The van der Waals surface area contributed by atoms with Crippen LogP contribution >= 0.6 is 0 Å². The number of carbonyl (C=O) groups is 1. The molecule has 2 aromatic rings. The molecule has 2 fully saturated rings. The van der Waals surface area contributed by atoms with E-state index in [9.17, 15) is 4.79 Å². The van der Waals surface area contributed by atoms with Crippen molar-refractivity contribution >= 4 is 22.8 Å². The van der Waals surface area contributed by atoms with Gasteiger partial charge in [-0.1, -0.05) is 6.58 Å². The van der Waals surface area contributed by atoms with Crippen LogP contribution in [0.4, 0.5) is 5.82 Å². The van der Waals surface area contributed by atoms with E-state index in [0.717, 1.165) is 42.7 Å². The Bertz CT molecular complexity index is 724. The molecule has 1 saturated carbocycles. The number of hydrogen-bond donors (Lipinski definition) is 2. The Morgan fingerprint density at radius 2 is 2.36 bits per heavy atom. The molecule has 114 valence electrons. The first kappa shape index (κ1) is 13.3. The van der Waals surface area contributed by atoms with Gasteiger partial charge in [0.25, 0.3) is 0 Å². The van der Waals surface area contributed by atoms with Crippen molar-refractivity contribution < 1.29 is 4.79 Å². The van der Waals surface area contributed by atoms with Crippen LogP contribution in [-0.4, -0.2) is 44.4 Å². The van der Waals surface area contributed by atoms with Gasteiger partial charge >= 0.3 is 0 Å². The van der Waals surface area contributed by atoms with Crippen LogP contribution in [0.2, 0.25) is 0 Å². The maximum absolute atomic E-state index is 12.1. The summed E-state index contributed by atoms with van der Waals surface area (Å²) in [5.41, 5.74) is 0.830. The number of nitrogens with one attached hydrogen (secondary N) is 2. The summed E-state index contributed by atoms with van der Waals surface area (Å²) in [5, 5.41) is 4.54. The van der Waals surface area contributed by atoms with Crippen LogP contribution in [0, 0.1) is 5.92 Å². The van der Waals surface area contributed by atoms with Crippen molar-refractivity contribution in [3.8, 4) is 0 Å². The first-order valence-corrected chi connectivity index (χ1v) is 7.74. The number of fused-ring (bicyclic) bond motifs is 3. The summed E-state index contributed by atoms with van der Waals surface area (Å²) < 4.78 is 0. The molecule has 6 heteroatoms. The molecule has 2 N–H and O–H groups in total. The summed E-state index contributed by atoms with van der Waals surface area (Å²) in [6, 6.07) is 2.59. The van der Waals surface area contributed by atoms with E-state index in [2.05, 4.69) is 26.8 Å². The molecule has 3 heterocycles. The molecule has 2 aromatic heterocycles. The molecule has 0 radical (unpaired) electrons. The van der Waals surface area contributed by atoms with Crippen molar-refractivity contribution in [1.82, 2.24) is 19.9 Å². The number of hydrogen-bond acceptors (Lipinski definition) is 4. The molecule has 2 aliphatic rings. The Morgan fingerprint density at radius 1 is 1.45 bits per heavy atom. The second-order valence-corrected chi connectivity index (χ2v) is 6.13. The van der Waals surface area contributed by atoms with E-state index in [0.29, 0.717) is 12.0 Å². The summed E-state index contributed by atoms with van der Waals surface area (Å²) in [4.78, 5) is 25.7. The SMILES string of the molecule is C=CC(=O)N1CC(Nc2ncnc3[nH]ccc23)[C@H]2CC[C@@H]1C2. The molecular formula is C16H19N5O. The van der Waals surface area contributed by atoms with Crippen LogP contribution in [0.5, 0.6) is 0 Å². The van der Waals surface area contributed by atoms with Gasteiger partial charge in [-0.05, 0) is 37.3 Å². The number of H-pyrrole nitrogens is 1. The molecule has 4 rings (SSSR count). The van der Waals surface area contributed by atoms with E-state index in [1.54, 1.807) is 6.33 Å². The monoisotopic (exact) mass is 297 g/mol. The Balaban J connectivity index is 1.60. The zero-order valence-electron chi connectivity index (χ0n) is 12.3. The van der Waals surface area contributed by atoms with Crippen LogP contribution in [0.25, 0.3) is 11.0 Å². The fraction of sp³-hybridized carbons (Fsp3) is 0.438. The quantitative estimate of drug-likeness (QED) is 0.849. The van der Waals surface area contributed by atoms with Crippen molar-refractivity contribution in [3.63, 3.8) is 0 Å². The van der Waals surface area contributed by atoms with Gasteiger partial charge in [-0.15, -0.1) is 0 Å². The van der Waals surface area contributed by atoms with E-state index in [-0.39, 0.29) is 11.9 Å². The van der Waals surface area contributed by atoms with E-state index in [4.69, 9.17) is 0 Å². The number of amides is 1. The molecule has 0 spiro atoms. The predicted molar refractivity (Wildman–Crippen MR) is 84.3 cm³/mol. The van der Waals surface area contributed by atoms with Crippen LogP contribution in [-0.2, 0) is 4.79 Å². The van der Waals surface area contributed by atoms with E-state index in [1.807, 2.05) is 17.2 Å². The number of aromatic amines is 1. The lowest BCUT2D eigenvalue weighted by molar-refractivity contribution is -0.129. The lowest BCUT2D eigenvalue weighted by atomic mass is 9.93. The highest BCUT2D eigenvalue weighted by atomic mass is 16.2. The smallest absolute Gasteiger partial charge is 0.246 e. The van der Waals surface area contributed by atoms with Crippen LogP contribution in [0.15, 0.2) is 31.2 Å². The van der Waals surface area contributed by atoms with Crippen LogP contribution in [0.1, 0.15) is 19.3 Å². The van der Waals surface area contributed by atoms with Gasteiger partial charge < -0.3 is 15.2 Å². The largest absolute Gasteiger partial charge is 0.365 e. The minimum atomic E-state index is 0.0339. The average Bonchev–Trinajstić information content (AvgIpc) is 3.17. The van der Waals surface area contributed by atoms with E-state index in [1.165, 1.54) is 6.08 Å². The summed E-state index contributed by atoms with van der Waals surface area (Å²) >= 11 is 0. The third-order valence-corrected chi connectivity index (χ3v) is 4.98. The van der Waals surface area contributed by atoms with Crippen molar-refractivity contribution in [1.29, 1.82) is 0 Å². The van der Waals surface area contributed by atoms with Crippen LogP contribution < -0.4 is 5.32 Å². The number of likely N-dealkylation sites (tertiary alicyclic amines) is 1. The Morgan fingerprint density at radius 3 is 3.23 bits per heavy atom. The molecule has 0 aromatic carbocycles. The highest BCUT2D eigenvalue weighted by Gasteiger charge is 2.41. The van der Waals surface area contributed by atoms with Crippen molar-refractivity contribution in [3.05, 3.63) is 31.2 Å². The maximum Gasteiger partial charge on any atom is 0.246 e. The zero-order chi connectivity index (χ0) is 15.1. The number of piperidine rings is 1. The molecule has 1 aliphatic carbocycles. The molecular weight excluding hydrogens is 278 g/mol. The lowest BCUT2D eigenvalue weighted by Gasteiger charge is -2.38. The summed E-state index contributed by atoms with van der Waals surface area (Å²) in [6.45, 7) is 4.34. The summed E-state index contributed by atoms with van der Waals surface area (Å²) in [7, 11) is 0. The first-order chi connectivity index (χ1) is 10.8. The third-order valence-electron chi connectivity index (χ3n) is 4.98. The van der Waals surface area contributed by atoms with Gasteiger partial charge in [0.1, 0.15) is 17.8 Å². The minimum Gasteiger partial charge on any atom is -0.365 e. The number of nitrogens with zero attached hydrogens (tertiary/aromatic N) is 3. The van der Waals surface area contributed by atoms with Gasteiger partial charge in [-0.3, -0.25) is 4.79 Å². The number of rotatable bonds is 3. The first-order valence-electron chi connectivity index (χ1n) is 7.74. The predicted octanol–water partition coefficient (Wildman–Crippen LogP) is 1.94. The van der Waals surface area contributed by atoms with Crippen molar-refractivity contribution in [2.24, 2.45) is 5.92 Å². The standard InChI is InChI=1S/C16H19N5O/c1-2-14(22)21-8-13(10-3-4-11(21)7-10)20-16-12-5-6-17-15(12)18-9-19-16/h2,5-6,9-11,13H,1,3-4,7-8H2,(H2,17,18,19,20)/t10-,11+,13?/m0/s1. The lowest BCUT2D eigenvalue weighted by Crippen LogP contribution is -2.50. The fourth-order valence-electron chi connectivity index (χ4n) is 3.86. The van der Waals surface area contributed by atoms with Gasteiger partial charge in [-0.2, -0.15) is 0 Å². The molecule has 2 bridgehead atoms. The number of carbonyl (C=O) groups excluding carboxylic acids is 1. The van der Waals surface area contributed by atoms with Gasteiger partial charge in [0.05, 0.1) is 5.39 Å². The van der Waals surface area contributed by atoms with E-state index < -0.39 is 0 Å². The molecule has 1 aliphatic heterocycles. The van der Waals surface area contributed by atoms with Gasteiger partial charge in [0, 0.05) is 24.8 Å². The van der Waals surface area contributed by atoms with Gasteiger partial charge in [-0.25, -0.2) is 9.97 Å². The fourth-order valence-corrected chi connectivity index (χ4v) is 3.86. The van der Waals surface area contributed by atoms with Crippen molar-refractivity contribution in [2.75, 3.05) is 11.9 Å². The Kier molecular flexibility index (Phi) is 3.10. The topological polar surface area (TPSA) is 73.9 Å². The molecule has 1 unspecified atom stereocenters. The number of aromatic nitrogens is 3. The Hall–Kier alpha value is -2.37. The highest BCUT2D eigenvalue weighted by molar-refractivity contribution is 5.88. The summed E-state index contributed by atoms with van der Waals surface area (Å²) in [5.74, 6) is 1.47. The maximum atomic E-state index is 12.1. The second-order valence-electron chi connectivity index (χ2n) is 6.13. The molecule has 22 heavy (non-hydrogen) atoms. The number of anilines is 1. The normalized spacial score (nSPS) is 27.1. The van der Waals surface area contributed by atoms with Crippen LogP contribution in [0.3, 0.4) is 0 Å². The van der Waals surface area contributed by atoms with Gasteiger partial charge in [0.15, 0.2) is 0 Å². The Labute approximate surface area is 128 Å². The molecule has 1 saturated heterocycles. The minimum absolute atomic E-state index is 0.0339. The van der Waals surface area contributed by atoms with Gasteiger partial charge in [0.2, 0.25) is 5.91 Å². The third kappa shape index (κ3) is 2.06. The zero-order valence-corrected chi connectivity index (χ0v) is 12.3. The molecule has 1 amide bonds. The molecule has 3 atom stereocenters. The van der Waals surface area contributed by atoms with E-state index >= 15 is 0 Å². The second kappa shape index (κ2) is 5.12. The summed E-state index contributed by atoms with van der Waals surface area (Å²) in [6.07, 6.45) is 8.17. The van der Waals surface area contributed by atoms with Crippen molar-refractivity contribution in [2.45, 2.75) is 31.3 Å². The highest BCUT2D eigenvalue weighted by Crippen LogP contribution is 2.38. The average molecular weight is 297 g/mol.